The van der Waals surface area contributed by atoms with Crippen molar-refractivity contribution in [1.29, 1.82) is 0 Å². The summed E-state index contributed by atoms with van der Waals surface area (Å²) in [5, 5.41) is 2.97. The van der Waals surface area contributed by atoms with Crippen LogP contribution in [0.1, 0.15) is 49.1 Å². The number of nitrogens with one attached hydrogen (secondary N) is 1. The van der Waals surface area contributed by atoms with Crippen LogP contribution in [-0.2, 0) is 9.59 Å². The predicted octanol–water partition coefficient (Wildman–Crippen LogP) is 4.10. The van der Waals surface area contributed by atoms with Crippen LogP contribution in [0, 0.1) is 0 Å². The van der Waals surface area contributed by atoms with E-state index in [-0.39, 0.29) is 29.9 Å². The molecule has 29 heavy (non-hydrogen) atoms. The molecule has 0 aromatic heterocycles. The third-order valence-corrected chi connectivity index (χ3v) is 5.69. The van der Waals surface area contributed by atoms with E-state index in [0.29, 0.717) is 19.4 Å². The Morgan fingerprint density at radius 3 is 2.48 bits per heavy atom. The molecule has 1 heterocycles. The number of ether oxygens (including phenoxy) is 2. The van der Waals surface area contributed by atoms with Gasteiger partial charge in [0.05, 0.1) is 13.7 Å². The minimum Gasteiger partial charge on any atom is -0.497 e. The molecule has 4 rings (SSSR count). The number of benzene rings is 2. The zero-order valence-corrected chi connectivity index (χ0v) is 16.7. The van der Waals surface area contributed by atoms with E-state index in [9.17, 15) is 9.59 Å². The number of methoxy groups -OCH3 is 1. The summed E-state index contributed by atoms with van der Waals surface area (Å²) in [4.78, 5) is 25.6. The van der Waals surface area contributed by atoms with Gasteiger partial charge in [-0.2, -0.15) is 0 Å². The highest BCUT2D eigenvalue weighted by atomic mass is 16.5. The molecule has 1 amide bonds. The first-order valence-electron chi connectivity index (χ1n) is 10.0. The fourth-order valence-electron chi connectivity index (χ4n) is 4.34. The molecule has 2 aliphatic rings. The Labute approximate surface area is 170 Å². The molecule has 1 aliphatic heterocycles. The van der Waals surface area contributed by atoms with Gasteiger partial charge in [0.25, 0.3) is 0 Å². The first-order chi connectivity index (χ1) is 14.1. The van der Waals surface area contributed by atoms with Crippen molar-refractivity contribution in [2.45, 2.75) is 38.0 Å². The van der Waals surface area contributed by atoms with E-state index < -0.39 is 0 Å². The molecule has 0 saturated carbocycles. The highest BCUT2D eigenvalue weighted by Crippen LogP contribution is 2.43. The molecule has 1 N–H and O–H groups in total. The molecule has 0 spiro atoms. The summed E-state index contributed by atoms with van der Waals surface area (Å²) < 4.78 is 10.8. The summed E-state index contributed by atoms with van der Waals surface area (Å²) in [7, 11) is 1.62. The van der Waals surface area contributed by atoms with Crippen LogP contribution < -0.4 is 14.8 Å². The van der Waals surface area contributed by atoms with Crippen molar-refractivity contribution in [3.8, 4) is 11.5 Å². The van der Waals surface area contributed by atoms with Crippen LogP contribution in [0.5, 0.6) is 11.5 Å². The number of amides is 1. The third kappa shape index (κ3) is 3.90. The lowest BCUT2D eigenvalue weighted by atomic mass is 9.73. The van der Waals surface area contributed by atoms with E-state index in [1.807, 2.05) is 55.5 Å². The van der Waals surface area contributed by atoms with Crippen molar-refractivity contribution in [3.05, 3.63) is 70.9 Å². The third-order valence-electron chi connectivity index (χ3n) is 5.69. The number of Topliss-reactive ketones (excluding diaryl/α,β-unsaturated/α-hetero) is 1. The average molecular weight is 391 g/mol. The van der Waals surface area contributed by atoms with Crippen LogP contribution in [0.4, 0.5) is 0 Å². The second kappa shape index (κ2) is 8.11. The number of carbonyl (C=O) groups is 2. The highest BCUT2D eigenvalue weighted by molar-refractivity contribution is 6.02. The summed E-state index contributed by atoms with van der Waals surface area (Å²) in [5.41, 5.74) is 3.55. The maximum absolute atomic E-state index is 13.2. The van der Waals surface area contributed by atoms with Crippen LogP contribution in [0.15, 0.2) is 59.8 Å². The van der Waals surface area contributed by atoms with Crippen molar-refractivity contribution in [2.75, 3.05) is 13.7 Å². The van der Waals surface area contributed by atoms with Crippen LogP contribution in [-0.4, -0.2) is 25.4 Å². The van der Waals surface area contributed by atoms with E-state index in [1.54, 1.807) is 7.11 Å². The minimum absolute atomic E-state index is 0.0447. The molecule has 5 nitrogen and oxygen atoms in total. The van der Waals surface area contributed by atoms with Gasteiger partial charge in [-0.3, -0.25) is 9.59 Å². The number of hydrogen-bond donors (Lipinski definition) is 1. The summed E-state index contributed by atoms with van der Waals surface area (Å²) in [5.74, 6) is 1.45. The fourth-order valence-corrected chi connectivity index (χ4v) is 4.34. The van der Waals surface area contributed by atoms with Gasteiger partial charge in [-0.05, 0) is 54.7 Å². The molecule has 2 aromatic rings. The summed E-state index contributed by atoms with van der Waals surface area (Å²) in [6.45, 7) is 2.57. The molecule has 2 atom stereocenters. The maximum Gasteiger partial charge on any atom is 0.225 e. The van der Waals surface area contributed by atoms with Crippen LogP contribution in [0.25, 0.3) is 0 Å². The molecular formula is C24H25NO4. The molecular weight excluding hydrogens is 366 g/mol. The van der Waals surface area contributed by atoms with Gasteiger partial charge in [0.1, 0.15) is 11.5 Å². The fraction of sp³-hybridized carbons (Fsp3) is 0.333. The topological polar surface area (TPSA) is 64.6 Å². The Morgan fingerprint density at radius 2 is 1.76 bits per heavy atom. The minimum atomic E-state index is -0.220. The predicted molar refractivity (Wildman–Crippen MR) is 110 cm³/mol. The zero-order valence-electron chi connectivity index (χ0n) is 16.7. The summed E-state index contributed by atoms with van der Waals surface area (Å²) in [6.07, 6.45) is 1.38. The first kappa shape index (κ1) is 19.2. The lowest BCUT2D eigenvalue weighted by molar-refractivity contribution is -0.122. The van der Waals surface area contributed by atoms with Crippen molar-refractivity contribution in [2.24, 2.45) is 0 Å². The normalized spacial score (nSPS) is 21.4. The number of allylic oxidation sites excluding steroid dienone is 2. The maximum atomic E-state index is 13.2. The lowest BCUT2D eigenvalue weighted by Crippen LogP contribution is -2.38. The lowest BCUT2D eigenvalue weighted by Gasteiger charge is -2.34. The monoisotopic (exact) mass is 391 g/mol. The van der Waals surface area contributed by atoms with Gasteiger partial charge >= 0.3 is 0 Å². The Hall–Kier alpha value is -3.08. The molecule has 0 fully saturated rings. The molecule has 0 bridgehead atoms. The van der Waals surface area contributed by atoms with E-state index in [4.69, 9.17) is 9.47 Å². The van der Waals surface area contributed by atoms with Gasteiger partial charge in [0.15, 0.2) is 5.78 Å². The number of ketones is 1. The second-order valence-corrected chi connectivity index (χ2v) is 7.50. The van der Waals surface area contributed by atoms with Crippen LogP contribution >= 0.6 is 0 Å². The van der Waals surface area contributed by atoms with Crippen molar-refractivity contribution < 1.29 is 19.1 Å². The largest absolute Gasteiger partial charge is 0.497 e. The Kier molecular flexibility index (Phi) is 5.38. The molecule has 2 unspecified atom stereocenters. The van der Waals surface area contributed by atoms with Crippen molar-refractivity contribution >= 4 is 11.7 Å². The Bertz CT molecular complexity index is 961. The second-order valence-electron chi connectivity index (χ2n) is 7.50. The van der Waals surface area contributed by atoms with Crippen LogP contribution in [0.3, 0.4) is 0 Å². The molecule has 0 radical (unpaired) electrons. The molecule has 1 aliphatic carbocycles. The van der Waals surface area contributed by atoms with Gasteiger partial charge < -0.3 is 14.8 Å². The zero-order chi connectivity index (χ0) is 20.4. The molecule has 2 aromatic carbocycles. The Morgan fingerprint density at radius 1 is 0.966 bits per heavy atom. The van der Waals surface area contributed by atoms with E-state index >= 15 is 0 Å². The van der Waals surface area contributed by atoms with E-state index in [0.717, 1.165) is 33.9 Å². The molecule has 5 heteroatoms. The smallest absolute Gasteiger partial charge is 0.225 e. The van der Waals surface area contributed by atoms with Gasteiger partial charge in [-0.15, -0.1) is 0 Å². The Balaban J connectivity index is 1.64. The summed E-state index contributed by atoms with van der Waals surface area (Å²) in [6, 6.07) is 15.5. The van der Waals surface area contributed by atoms with E-state index in [1.165, 1.54) is 0 Å². The highest BCUT2D eigenvalue weighted by Gasteiger charge is 2.38. The molecule has 150 valence electrons. The number of hydrogen-bond acceptors (Lipinski definition) is 4. The quantitative estimate of drug-likeness (QED) is 0.834. The van der Waals surface area contributed by atoms with Crippen molar-refractivity contribution in [3.63, 3.8) is 0 Å². The number of rotatable bonds is 5. The average Bonchev–Trinajstić information content (AvgIpc) is 2.73. The SMILES string of the molecule is CCOc1ccc(C2CC(=O)C3=C(C2)NC(=O)CC3c2cccc(OC)c2)cc1. The van der Waals surface area contributed by atoms with E-state index in [2.05, 4.69) is 5.32 Å². The standard InChI is InChI=1S/C24H25NO4/c1-3-29-18-9-7-15(8-10-18)17-12-21-24(22(26)13-17)20(14-23(27)25-21)16-5-4-6-19(11-16)28-2/h4-11,17,20H,3,12-14H2,1-2H3,(H,25,27). The van der Waals surface area contributed by atoms with Crippen molar-refractivity contribution in [1.82, 2.24) is 5.32 Å². The van der Waals surface area contributed by atoms with Gasteiger partial charge in [-0.1, -0.05) is 24.3 Å². The van der Waals surface area contributed by atoms with Gasteiger partial charge in [0, 0.05) is 30.0 Å². The molecule has 0 saturated heterocycles. The van der Waals surface area contributed by atoms with Crippen LogP contribution in [0.2, 0.25) is 0 Å². The summed E-state index contributed by atoms with van der Waals surface area (Å²) >= 11 is 0. The van der Waals surface area contributed by atoms with Gasteiger partial charge in [0.2, 0.25) is 5.91 Å². The number of carbonyl (C=O) groups excluding carboxylic acids is 2. The van der Waals surface area contributed by atoms with Gasteiger partial charge in [-0.25, -0.2) is 0 Å². The first-order valence-corrected chi connectivity index (χ1v) is 10.0.